The topological polar surface area (TPSA) is 54.8 Å². The highest BCUT2D eigenvalue weighted by Gasteiger charge is 2.26. The van der Waals surface area contributed by atoms with Gasteiger partial charge >= 0.3 is 0 Å². The molecule has 0 amide bonds. The van der Waals surface area contributed by atoms with Crippen LogP contribution in [0.5, 0.6) is 0 Å². The molecule has 1 aliphatic heterocycles. The molecule has 0 unspecified atom stereocenters. The summed E-state index contributed by atoms with van der Waals surface area (Å²) in [5, 5.41) is 0. The number of aryl methyl sites for hydroxylation is 1. The molecule has 1 aliphatic rings. The molecule has 0 bridgehead atoms. The minimum Gasteiger partial charge on any atom is -0.297 e. The maximum Gasteiger partial charge on any atom is 0.132 e. The zero-order valence-electron chi connectivity index (χ0n) is 11.0. The van der Waals surface area contributed by atoms with Crippen molar-refractivity contribution in [2.45, 2.75) is 25.8 Å². The smallest absolute Gasteiger partial charge is 0.132 e. The number of aromatic nitrogens is 4. The lowest BCUT2D eigenvalue weighted by Crippen LogP contribution is -2.21. The third kappa shape index (κ3) is 2.93. The van der Waals surface area contributed by atoms with E-state index in [1.165, 1.54) is 0 Å². The Kier molecular flexibility index (Phi) is 3.46. The number of rotatable bonds is 3. The van der Waals surface area contributed by atoms with E-state index in [1.807, 2.05) is 25.4 Å². The van der Waals surface area contributed by atoms with Crippen molar-refractivity contribution >= 4 is 0 Å². The SMILES string of the molecule is Cc1ccnc([C@H]2CCN(Cc3cnccn3)C2)n1. The minimum atomic E-state index is 0.441. The quantitative estimate of drug-likeness (QED) is 0.833. The first kappa shape index (κ1) is 12.2. The van der Waals surface area contributed by atoms with Crippen molar-refractivity contribution in [1.29, 1.82) is 0 Å². The summed E-state index contributed by atoms with van der Waals surface area (Å²) >= 11 is 0. The van der Waals surface area contributed by atoms with Crippen LogP contribution in [-0.4, -0.2) is 37.9 Å². The van der Waals surface area contributed by atoms with Crippen LogP contribution in [0.4, 0.5) is 0 Å². The van der Waals surface area contributed by atoms with Crippen LogP contribution in [-0.2, 0) is 6.54 Å². The van der Waals surface area contributed by atoms with Crippen LogP contribution < -0.4 is 0 Å². The molecule has 0 aliphatic carbocycles. The van der Waals surface area contributed by atoms with Crippen molar-refractivity contribution in [2.24, 2.45) is 0 Å². The Balaban J connectivity index is 1.64. The molecule has 0 aromatic carbocycles. The van der Waals surface area contributed by atoms with Crippen molar-refractivity contribution in [3.8, 4) is 0 Å². The molecule has 5 heteroatoms. The third-order valence-electron chi connectivity index (χ3n) is 3.45. The monoisotopic (exact) mass is 255 g/mol. The Hall–Kier alpha value is -1.88. The molecular formula is C14H17N5. The Labute approximate surface area is 112 Å². The first-order valence-corrected chi connectivity index (χ1v) is 6.58. The van der Waals surface area contributed by atoms with Gasteiger partial charge in [0.1, 0.15) is 5.82 Å². The van der Waals surface area contributed by atoms with Crippen LogP contribution in [0.2, 0.25) is 0 Å². The normalized spacial score (nSPS) is 19.7. The highest BCUT2D eigenvalue weighted by molar-refractivity contribution is 5.07. The van der Waals surface area contributed by atoms with Gasteiger partial charge in [-0.15, -0.1) is 0 Å². The lowest BCUT2D eigenvalue weighted by atomic mass is 10.1. The summed E-state index contributed by atoms with van der Waals surface area (Å²) in [7, 11) is 0. The first-order chi connectivity index (χ1) is 9.31. The van der Waals surface area contributed by atoms with E-state index in [0.717, 1.165) is 43.3 Å². The van der Waals surface area contributed by atoms with Gasteiger partial charge in [0.2, 0.25) is 0 Å². The molecule has 19 heavy (non-hydrogen) atoms. The average Bonchev–Trinajstić information content (AvgIpc) is 2.88. The van der Waals surface area contributed by atoms with Gasteiger partial charge in [-0.1, -0.05) is 0 Å². The number of hydrogen-bond acceptors (Lipinski definition) is 5. The van der Waals surface area contributed by atoms with Gasteiger partial charge in [0.15, 0.2) is 0 Å². The van der Waals surface area contributed by atoms with E-state index in [4.69, 9.17) is 0 Å². The Morgan fingerprint density at radius 1 is 1.26 bits per heavy atom. The van der Waals surface area contributed by atoms with Crippen LogP contribution >= 0.6 is 0 Å². The van der Waals surface area contributed by atoms with Gasteiger partial charge in [-0.25, -0.2) is 9.97 Å². The van der Waals surface area contributed by atoms with Gasteiger partial charge in [-0.2, -0.15) is 0 Å². The van der Waals surface area contributed by atoms with Crippen molar-refractivity contribution < 1.29 is 0 Å². The van der Waals surface area contributed by atoms with Crippen molar-refractivity contribution in [1.82, 2.24) is 24.8 Å². The third-order valence-corrected chi connectivity index (χ3v) is 3.45. The second-order valence-corrected chi connectivity index (χ2v) is 4.97. The summed E-state index contributed by atoms with van der Waals surface area (Å²) in [5.74, 6) is 1.42. The maximum atomic E-state index is 4.53. The van der Waals surface area contributed by atoms with Crippen LogP contribution in [0.15, 0.2) is 30.9 Å². The second kappa shape index (κ2) is 5.40. The molecular weight excluding hydrogens is 238 g/mol. The fraction of sp³-hybridized carbons (Fsp3) is 0.429. The number of nitrogens with zero attached hydrogens (tertiary/aromatic N) is 5. The fourth-order valence-corrected chi connectivity index (χ4v) is 2.49. The molecule has 98 valence electrons. The standard InChI is InChI=1S/C14H17N5/c1-11-2-4-17-14(18-11)12-3-7-19(9-12)10-13-8-15-5-6-16-13/h2,4-6,8,12H,3,7,9-10H2,1H3/t12-/m0/s1. The Morgan fingerprint density at radius 2 is 2.21 bits per heavy atom. The van der Waals surface area contributed by atoms with E-state index < -0.39 is 0 Å². The predicted octanol–water partition coefficient (Wildman–Crippen LogP) is 1.56. The number of hydrogen-bond donors (Lipinski definition) is 0. The molecule has 3 rings (SSSR count). The molecule has 0 spiro atoms. The van der Waals surface area contributed by atoms with E-state index in [-0.39, 0.29) is 0 Å². The van der Waals surface area contributed by atoms with Gasteiger partial charge in [-0.05, 0) is 26.0 Å². The molecule has 0 saturated carbocycles. The zero-order valence-corrected chi connectivity index (χ0v) is 11.0. The van der Waals surface area contributed by atoms with E-state index >= 15 is 0 Å². The largest absolute Gasteiger partial charge is 0.297 e. The summed E-state index contributed by atoms with van der Waals surface area (Å²) in [6, 6.07) is 1.94. The van der Waals surface area contributed by atoms with E-state index in [1.54, 1.807) is 12.4 Å². The van der Waals surface area contributed by atoms with Gasteiger partial charge in [0, 0.05) is 49.5 Å². The van der Waals surface area contributed by atoms with Crippen LogP contribution in [0.25, 0.3) is 0 Å². The van der Waals surface area contributed by atoms with Crippen LogP contribution in [0.1, 0.15) is 29.6 Å². The Bertz CT molecular complexity index is 543. The fourth-order valence-electron chi connectivity index (χ4n) is 2.49. The zero-order chi connectivity index (χ0) is 13.1. The van der Waals surface area contributed by atoms with Gasteiger partial charge in [-0.3, -0.25) is 14.9 Å². The molecule has 0 radical (unpaired) electrons. The summed E-state index contributed by atoms with van der Waals surface area (Å²) in [4.78, 5) is 19.7. The molecule has 2 aromatic rings. The predicted molar refractivity (Wildman–Crippen MR) is 71.4 cm³/mol. The summed E-state index contributed by atoms with van der Waals surface area (Å²) in [6.45, 7) is 4.94. The summed E-state index contributed by atoms with van der Waals surface area (Å²) in [5.41, 5.74) is 2.06. The van der Waals surface area contributed by atoms with E-state index in [9.17, 15) is 0 Å². The molecule has 1 fully saturated rings. The number of likely N-dealkylation sites (tertiary alicyclic amines) is 1. The summed E-state index contributed by atoms with van der Waals surface area (Å²) < 4.78 is 0. The van der Waals surface area contributed by atoms with Gasteiger partial charge < -0.3 is 0 Å². The highest BCUT2D eigenvalue weighted by atomic mass is 15.2. The lowest BCUT2D eigenvalue weighted by molar-refractivity contribution is 0.321. The molecule has 5 nitrogen and oxygen atoms in total. The van der Waals surface area contributed by atoms with E-state index in [0.29, 0.717) is 5.92 Å². The lowest BCUT2D eigenvalue weighted by Gasteiger charge is -2.14. The van der Waals surface area contributed by atoms with E-state index in [2.05, 4.69) is 24.8 Å². The van der Waals surface area contributed by atoms with Crippen molar-refractivity contribution in [2.75, 3.05) is 13.1 Å². The first-order valence-electron chi connectivity index (χ1n) is 6.58. The molecule has 3 heterocycles. The second-order valence-electron chi connectivity index (χ2n) is 4.97. The molecule has 2 aromatic heterocycles. The Morgan fingerprint density at radius 3 is 3.00 bits per heavy atom. The highest BCUT2D eigenvalue weighted by Crippen LogP contribution is 2.25. The minimum absolute atomic E-state index is 0.441. The van der Waals surface area contributed by atoms with Crippen molar-refractivity contribution in [3.63, 3.8) is 0 Å². The maximum absolute atomic E-state index is 4.53. The molecule has 0 N–H and O–H groups in total. The average molecular weight is 255 g/mol. The van der Waals surface area contributed by atoms with Crippen LogP contribution in [0.3, 0.4) is 0 Å². The van der Waals surface area contributed by atoms with Crippen LogP contribution in [0, 0.1) is 6.92 Å². The van der Waals surface area contributed by atoms with Gasteiger partial charge in [0.05, 0.1) is 5.69 Å². The molecule has 1 atom stereocenters. The van der Waals surface area contributed by atoms with Crippen molar-refractivity contribution in [3.05, 3.63) is 48.1 Å². The molecule has 1 saturated heterocycles. The van der Waals surface area contributed by atoms with Gasteiger partial charge in [0.25, 0.3) is 0 Å². The summed E-state index contributed by atoms with van der Waals surface area (Å²) in [6.07, 6.45) is 8.24.